The fourth-order valence-electron chi connectivity index (χ4n) is 1.90. The summed E-state index contributed by atoms with van der Waals surface area (Å²) in [6.45, 7) is 4.10. The number of hydrogen-bond acceptors (Lipinski definition) is 3. The minimum atomic E-state index is 0.604. The first-order chi connectivity index (χ1) is 8.24. The molecule has 17 heavy (non-hydrogen) atoms. The van der Waals surface area contributed by atoms with Crippen LogP contribution in [0.3, 0.4) is 0 Å². The number of hydrogen-bond donors (Lipinski definition) is 1. The molecule has 2 aromatic rings. The molecule has 0 spiro atoms. The average Bonchev–Trinajstić information content (AvgIpc) is 3.03. The second-order valence-electron chi connectivity index (χ2n) is 4.66. The van der Waals surface area contributed by atoms with Gasteiger partial charge in [-0.05, 0) is 38.3 Å². The summed E-state index contributed by atoms with van der Waals surface area (Å²) in [5.41, 5.74) is 3.32. The standard InChI is InChI=1S/C13H16N4/c1-9-5-6-14-7-12(9)17-8-10(2)15-13(17)16-11-3-4-11/h5-8,11H,3-4H2,1-2H3,(H,15,16). The first kappa shape index (κ1) is 10.3. The van der Waals surface area contributed by atoms with Crippen molar-refractivity contribution >= 4 is 5.95 Å². The van der Waals surface area contributed by atoms with E-state index < -0.39 is 0 Å². The Balaban J connectivity index is 2.03. The number of nitrogens with one attached hydrogen (secondary N) is 1. The number of aryl methyl sites for hydroxylation is 2. The van der Waals surface area contributed by atoms with Crippen molar-refractivity contribution in [2.75, 3.05) is 5.32 Å². The van der Waals surface area contributed by atoms with E-state index in [2.05, 4.69) is 33.0 Å². The molecule has 0 atom stereocenters. The number of nitrogens with zero attached hydrogens (tertiary/aromatic N) is 3. The molecule has 0 radical (unpaired) electrons. The minimum Gasteiger partial charge on any atom is -0.353 e. The molecule has 3 rings (SSSR count). The van der Waals surface area contributed by atoms with Gasteiger partial charge in [-0.15, -0.1) is 0 Å². The van der Waals surface area contributed by atoms with E-state index in [0.717, 1.165) is 17.3 Å². The molecule has 0 saturated heterocycles. The van der Waals surface area contributed by atoms with E-state index in [4.69, 9.17) is 0 Å². The van der Waals surface area contributed by atoms with Gasteiger partial charge in [0.2, 0.25) is 5.95 Å². The van der Waals surface area contributed by atoms with Crippen molar-refractivity contribution < 1.29 is 0 Å². The zero-order valence-corrected chi connectivity index (χ0v) is 10.1. The summed E-state index contributed by atoms with van der Waals surface area (Å²) in [7, 11) is 0. The molecule has 0 amide bonds. The Hall–Kier alpha value is -1.84. The van der Waals surface area contributed by atoms with Gasteiger partial charge >= 0.3 is 0 Å². The number of pyridine rings is 1. The van der Waals surface area contributed by atoms with Crippen LogP contribution in [-0.2, 0) is 0 Å². The Kier molecular flexibility index (Phi) is 2.35. The molecule has 1 saturated carbocycles. The largest absolute Gasteiger partial charge is 0.353 e. The molecule has 1 N–H and O–H groups in total. The van der Waals surface area contributed by atoms with Crippen LogP contribution in [0.4, 0.5) is 5.95 Å². The van der Waals surface area contributed by atoms with Crippen LogP contribution in [0.15, 0.2) is 24.7 Å². The summed E-state index contributed by atoms with van der Waals surface area (Å²) in [4.78, 5) is 8.72. The first-order valence-electron chi connectivity index (χ1n) is 5.97. The lowest BCUT2D eigenvalue weighted by atomic mass is 10.2. The van der Waals surface area contributed by atoms with Gasteiger partial charge in [0.15, 0.2) is 0 Å². The number of aromatic nitrogens is 3. The monoisotopic (exact) mass is 228 g/mol. The molecule has 1 aliphatic rings. The van der Waals surface area contributed by atoms with Crippen LogP contribution >= 0.6 is 0 Å². The van der Waals surface area contributed by atoms with Crippen LogP contribution in [0.25, 0.3) is 5.69 Å². The minimum absolute atomic E-state index is 0.604. The molecule has 0 aliphatic heterocycles. The third-order valence-corrected chi connectivity index (χ3v) is 3.01. The van der Waals surface area contributed by atoms with Gasteiger partial charge in [0, 0.05) is 18.4 Å². The molecule has 4 nitrogen and oxygen atoms in total. The number of imidazole rings is 1. The zero-order valence-electron chi connectivity index (χ0n) is 10.1. The summed E-state index contributed by atoms with van der Waals surface area (Å²) in [6.07, 6.45) is 8.25. The molecule has 2 aromatic heterocycles. The van der Waals surface area contributed by atoms with Crippen LogP contribution in [0.1, 0.15) is 24.1 Å². The molecule has 1 fully saturated rings. The van der Waals surface area contributed by atoms with Crippen molar-refractivity contribution in [3.63, 3.8) is 0 Å². The normalized spacial score (nSPS) is 14.9. The second kappa shape index (κ2) is 3.87. The summed E-state index contributed by atoms with van der Waals surface area (Å²) < 4.78 is 2.09. The molecular weight excluding hydrogens is 212 g/mol. The Morgan fingerprint density at radius 2 is 2.18 bits per heavy atom. The smallest absolute Gasteiger partial charge is 0.208 e. The quantitative estimate of drug-likeness (QED) is 0.877. The maximum atomic E-state index is 4.53. The van der Waals surface area contributed by atoms with Crippen LogP contribution < -0.4 is 5.32 Å². The summed E-state index contributed by atoms with van der Waals surface area (Å²) in [6, 6.07) is 2.62. The Bertz CT molecular complexity index is 540. The SMILES string of the molecule is Cc1cn(-c2cnccc2C)c(NC2CC2)n1. The van der Waals surface area contributed by atoms with E-state index in [0.29, 0.717) is 6.04 Å². The summed E-state index contributed by atoms with van der Waals surface area (Å²) in [5.74, 6) is 0.932. The zero-order chi connectivity index (χ0) is 11.8. The lowest BCUT2D eigenvalue weighted by Gasteiger charge is -2.10. The maximum absolute atomic E-state index is 4.53. The fourth-order valence-corrected chi connectivity index (χ4v) is 1.90. The molecule has 0 bridgehead atoms. The number of anilines is 1. The van der Waals surface area contributed by atoms with Crippen molar-refractivity contribution in [3.05, 3.63) is 35.9 Å². The lowest BCUT2D eigenvalue weighted by Crippen LogP contribution is -2.08. The van der Waals surface area contributed by atoms with E-state index >= 15 is 0 Å². The van der Waals surface area contributed by atoms with Gasteiger partial charge in [-0.1, -0.05) is 0 Å². The van der Waals surface area contributed by atoms with Crippen LogP contribution in [-0.4, -0.2) is 20.6 Å². The van der Waals surface area contributed by atoms with Crippen molar-refractivity contribution in [1.82, 2.24) is 14.5 Å². The topological polar surface area (TPSA) is 42.7 Å². The first-order valence-corrected chi connectivity index (χ1v) is 5.97. The van der Waals surface area contributed by atoms with Gasteiger partial charge in [0.25, 0.3) is 0 Å². The molecule has 1 aliphatic carbocycles. The van der Waals surface area contributed by atoms with E-state index in [-0.39, 0.29) is 0 Å². The molecule has 0 aromatic carbocycles. The summed E-state index contributed by atoms with van der Waals surface area (Å²) in [5, 5.41) is 3.46. The van der Waals surface area contributed by atoms with E-state index in [9.17, 15) is 0 Å². The third-order valence-electron chi connectivity index (χ3n) is 3.01. The average molecular weight is 228 g/mol. The molecule has 0 unspecified atom stereocenters. The van der Waals surface area contributed by atoms with Gasteiger partial charge in [0.05, 0.1) is 17.6 Å². The Morgan fingerprint density at radius 3 is 2.88 bits per heavy atom. The Labute approximate surface area is 101 Å². The van der Waals surface area contributed by atoms with Crippen molar-refractivity contribution in [3.8, 4) is 5.69 Å². The van der Waals surface area contributed by atoms with Gasteiger partial charge in [-0.2, -0.15) is 0 Å². The van der Waals surface area contributed by atoms with E-state index in [1.54, 1.807) is 0 Å². The highest BCUT2D eigenvalue weighted by molar-refractivity contribution is 5.46. The predicted molar refractivity (Wildman–Crippen MR) is 67.5 cm³/mol. The molecule has 4 heteroatoms. The summed E-state index contributed by atoms with van der Waals surface area (Å²) >= 11 is 0. The fraction of sp³-hybridized carbons (Fsp3) is 0.385. The van der Waals surface area contributed by atoms with Gasteiger partial charge in [0.1, 0.15) is 0 Å². The number of rotatable bonds is 3. The van der Waals surface area contributed by atoms with Gasteiger partial charge in [-0.3, -0.25) is 9.55 Å². The highest BCUT2D eigenvalue weighted by Gasteiger charge is 2.23. The van der Waals surface area contributed by atoms with Gasteiger partial charge < -0.3 is 5.32 Å². The molecular formula is C13H16N4. The third kappa shape index (κ3) is 2.02. The maximum Gasteiger partial charge on any atom is 0.208 e. The van der Waals surface area contributed by atoms with E-state index in [1.165, 1.54) is 18.4 Å². The molecule has 2 heterocycles. The Morgan fingerprint density at radius 1 is 1.35 bits per heavy atom. The van der Waals surface area contributed by atoms with Crippen molar-refractivity contribution in [2.45, 2.75) is 32.7 Å². The lowest BCUT2D eigenvalue weighted by molar-refractivity contribution is 0.983. The van der Waals surface area contributed by atoms with Crippen LogP contribution in [0.5, 0.6) is 0 Å². The van der Waals surface area contributed by atoms with Crippen LogP contribution in [0.2, 0.25) is 0 Å². The van der Waals surface area contributed by atoms with Crippen molar-refractivity contribution in [2.24, 2.45) is 0 Å². The highest BCUT2D eigenvalue weighted by atomic mass is 15.2. The molecule has 88 valence electrons. The second-order valence-corrected chi connectivity index (χ2v) is 4.66. The predicted octanol–water partition coefficient (Wildman–Crippen LogP) is 2.46. The highest BCUT2D eigenvalue weighted by Crippen LogP contribution is 2.26. The van der Waals surface area contributed by atoms with Gasteiger partial charge in [-0.25, -0.2) is 4.98 Å². The van der Waals surface area contributed by atoms with E-state index in [1.807, 2.05) is 25.4 Å². The van der Waals surface area contributed by atoms with Crippen LogP contribution in [0, 0.1) is 13.8 Å². The van der Waals surface area contributed by atoms with Crippen molar-refractivity contribution in [1.29, 1.82) is 0 Å².